The molecular weight excluding hydrogens is 519 g/mol. The normalized spacial score (nSPS) is 12.3. The minimum absolute atomic E-state index is 0.146. The lowest BCUT2D eigenvalue weighted by Crippen LogP contribution is -2.27. The SMILES string of the molecule is C[C@H](NC(=O)c1cc(-c2ccccn2)cc2ccn(Cc3ccc(C(F)(F)F)cc3)c12)c1ccc(C(=O)O)cc1. The summed E-state index contributed by atoms with van der Waals surface area (Å²) in [4.78, 5) is 29.3. The van der Waals surface area contributed by atoms with E-state index in [0.717, 1.165) is 28.6 Å². The second kappa shape index (κ2) is 10.7. The Bertz CT molecular complexity index is 1680. The first kappa shape index (κ1) is 26.7. The Hall–Kier alpha value is -4.92. The van der Waals surface area contributed by atoms with Crippen molar-refractivity contribution in [1.82, 2.24) is 14.9 Å². The van der Waals surface area contributed by atoms with Crippen LogP contribution in [-0.4, -0.2) is 26.5 Å². The first-order chi connectivity index (χ1) is 19.1. The van der Waals surface area contributed by atoms with Gasteiger partial charge in [0, 0.05) is 29.9 Å². The Morgan fingerprint density at radius 3 is 2.33 bits per heavy atom. The molecule has 2 aromatic heterocycles. The number of nitrogens with zero attached hydrogens (tertiary/aromatic N) is 2. The number of aromatic nitrogens is 2. The molecule has 0 fully saturated rings. The number of carbonyl (C=O) groups is 2. The highest BCUT2D eigenvalue weighted by atomic mass is 19.4. The van der Waals surface area contributed by atoms with Crippen LogP contribution in [-0.2, 0) is 12.7 Å². The van der Waals surface area contributed by atoms with Crippen molar-refractivity contribution >= 4 is 22.8 Å². The molecule has 0 bridgehead atoms. The number of halogens is 3. The molecule has 202 valence electrons. The van der Waals surface area contributed by atoms with Crippen molar-refractivity contribution in [3.63, 3.8) is 0 Å². The summed E-state index contributed by atoms with van der Waals surface area (Å²) in [6.07, 6.45) is -0.955. The number of carbonyl (C=O) groups excluding carboxylic acids is 1. The number of benzene rings is 3. The summed E-state index contributed by atoms with van der Waals surface area (Å²) >= 11 is 0. The molecule has 1 amide bonds. The van der Waals surface area contributed by atoms with Gasteiger partial charge in [-0.05, 0) is 72.6 Å². The highest BCUT2D eigenvalue weighted by Gasteiger charge is 2.30. The molecule has 0 spiro atoms. The van der Waals surface area contributed by atoms with E-state index in [1.54, 1.807) is 43.6 Å². The Morgan fingerprint density at radius 1 is 0.975 bits per heavy atom. The van der Waals surface area contributed by atoms with Crippen molar-refractivity contribution < 1.29 is 27.9 Å². The highest BCUT2D eigenvalue weighted by molar-refractivity contribution is 6.08. The van der Waals surface area contributed by atoms with Crippen LogP contribution >= 0.6 is 0 Å². The van der Waals surface area contributed by atoms with Gasteiger partial charge in [0.1, 0.15) is 0 Å². The van der Waals surface area contributed by atoms with E-state index in [4.69, 9.17) is 5.11 Å². The molecule has 9 heteroatoms. The molecule has 2 N–H and O–H groups in total. The molecule has 0 saturated heterocycles. The second-order valence-electron chi connectivity index (χ2n) is 9.44. The third kappa shape index (κ3) is 5.58. The molecule has 1 atom stereocenters. The van der Waals surface area contributed by atoms with E-state index in [1.165, 1.54) is 24.3 Å². The van der Waals surface area contributed by atoms with Gasteiger partial charge in [0.15, 0.2) is 0 Å². The smallest absolute Gasteiger partial charge is 0.416 e. The fourth-order valence-corrected chi connectivity index (χ4v) is 4.60. The van der Waals surface area contributed by atoms with Crippen molar-refractivity contribution in [2.45, 2.75) is 25.7 Å². The van der Waals surface area contributed by atoms with Crippen LogP contribution < -0.4 is 5.32 Å². The second-order valence-corrected chi connectivity index (χ2v) is 9.44. The molecule has 0 aliphatic rings. The van der Waals surface area contributed by atoms with Gasteiger partial charge < -0.3 is 15.0 Å². The molecule has 0 aliphatic heterocycles. The Balaban J connectivity index is 1.52. The van der Waals surface area contributed by atoms with Crippen LogP contribution in [0.1, 0.15) is 50.4 Å². The molecule has 0 saturated carbocycles. The third-order valence-electron chi connectivity index (χ3n) is 6.71. The van der Waals surface area contributed by atoms with Crippen LogP contribution in [0.25, 0.3) is 22.2 Å². The summed E-state index contributed by atoms with van der Waals surface area (Å²) in [6.45, 7) is 2.06. The number of pyridine rings is 1. The number of nitrogens with one attached hydrogen (secondary N) is 1. The zero-order valence-corrected chi connectivity index (χ0v) is 21.3. The van der Waals surface area contributed by atoms with Crippen molar-refractivity contribution in [3.8, 4) is 11.3 Å². The van der Waals surface area contributed by atoms with Gasteiger partial charge in [-0.3, -0.25) is 9.78 Å². The number of alkyl halides is 3. The van der Waals surface area contributed by atoms with Crippen molar-refractivity contribution in [2.75, 3.05) is 0 Å². The lowest BCUT2D eigenvalue weighted by atomic mass is 10.0. The van der Waals surface area contributed by atoms with Crippen LogP contribution in [0.15, 0.2) is 97.3 Å². The summed E-state index contributed by atoms with van der Waals surface area (Å²) in [6, 6.07) is 21.8. The molecule has 0 radical (unpaired) electrons. The fraction of sp³-hybridized carbons (Fsp3) is 0.129. The van der Waals surface area contributed by atoms with Crippen molar-refractivity contribution in [2.24, 2.45) is 0 Å². The molecule has 6 nitrogen and oxygen atoms in total. The first-order valence-electron chi connectivity index (χ1n) is 12.4. The minimum Gasteiger partial charge on any atom is -0.478 e. The number of hydrogen-bond acceptors (Lipinski definition) is 3. The standard InChI is InChI=1S/C31H24F3N3O3/c1-19(21-7-9-22(10-8-21)30(39)40)36-29(38)26-17-24(27-4-2-3-14-35-27)16-23-13-15-37(28(23)26)18-20-5-11-25(12-6-20)31(32,33)34/h2-17,19H,18H2,1H3,(H,36,38)(H,39,40)/t19-/m0/s1. The minimum atomic E-state index is -4.42. The number of amides is 1. The number of carboxylic acids is 1. The maximum absolute atomic E-state index is 13.7. The van der Waals surface area contributed by atoms with Crippen LogP contribution in [0.3, 0.4) is 0 Å². The lowest BCUT2D eigenvalue weighted by molar-refractivity contribution is -0.137. The van der Waals surface area contributed by atoms with E-state index in [1.807, 2.05) is 28.8 Å². The van der Waals surface area contributed by atoms with E-state index in [9.17, 15) is 22.8 Å². The van der Waals surface area contributed by atoms with Crippen molar-refractivity contribution in [3.05, 3.63) is 125 Å². The van der Waals surface area contributed by atoms with Gasteiger partial charge in [-0.2, -0.15) is 13.2 Å². The predicted octanol–water partition coefficient (Wildman–Crippen LogP) is 6.96. The van der Waals surface area contributed by atoms with E-state index in [-0.39, 0.29) is 18.0 Å². The first-order valence-corrected chi connectivity index (χ1v) is 12.4. The van der Waals surface area contributed by atoms with Crippen LogP contribution in [0.2, 0.25) is 0 Å². The summed E-state index contributed by atoms with van der Waals surface area (Å²) in [5.41, 5.74) is 3.24. The maximum Gasteiger partial charge on any atom is 0.416 e. The number of hydrogen-bond donors (Lipinski definition) is 2. The topological polar surface area (TPSA) is 84.2 Å². The van der Waals surface area contributed by atoms with Gasteiger partial charge in [-0.25, -0.2) is 4.79 Å². The summed E-state index contributed by atoms with van der Waals surface area (Å²) < 4.78 is 40.9. The lowest BCUT2D eigenvalue weighted by Gasteiger charge is -2.17. The zero-order valence-electron chi connectivity index (χ0n) is 21.3. The van der Waals surface area contributed by atoms with Crippen molar-refractivity contribution in [1.29, 1.82) is 0 Å². The molecular formula is C31H24F3N3O3. The number of aromatic carboxylic acids is 1. The van der Waals surface area contributed by atoms with Crippen LogP contribution in [0, 0.1) is 0 Å². The average Bonchev–Trinajstić information content (AvgIpc) is 3.35. The molecule has 0 aliphatic carbocycles. The van der Waals surface area contributed by atoms with Gasteiger partial charge in [0.2, 0.25) is 0 Å². The maximum atomic E-state index is 13.7. The molecule has 2 heterocycles. The van der Waals surface area contributed by atoms with E-state index < -0.39 is 23.8 Å². The van der Waals surface area contributed by atoms with E-state index in [2.05, 4.69) is 10.3 Å². The quantitative estimate of drug-likeness (QED) is 0.232. The van der Waals surface area contributed by atoms with Crippen LogP contribution in [0.4, 0.5) is 13.2 Å². The Labute approximate surface area is 227 Å². The van der Waals surface area contributed by atoms with Gasteiger partial charge >= 0.3 is 12.1 Å². The molecule has 3 aromatic carbocycles. The Morgan fingerprint density at radius 2 is 1.70 bits per heavy atom. The largest absolute Gasteiger partial charge is 0.478 e. The van der Waals surface area contributed by atoms with Crippen LogP contribution in [0.5, 0.6) is 0 Å². The Kier molecular flexibility index (Phi) is 7.13. The molecule has 40 heavy (non-hydrogen) atoms. The average molecular weight is 544 g/mol. The monoisotopic (exact) mass is 543 g/mol. The van der Waals surface area contributed by atoms with Gasteiger partial charge in [0.05, 0.1) is 33.9 Å². The molecule has 5 rings (SSSR count). The zero-order chi connectivity index (χ0) is 28.4. The summed E-state index contributed by atoms with van der Waals surface area (Å²) in [5.74, 6) is -1.39. The number of carboxylic acid groups (broad SMARTS) is 1. The van der Waals surface area contributed by atoms with E-state index >= 15 is 0 Å². The van der Waals surface area contributed by atoms with Gasteiger partial charge in [0.25, 0.3) is 5.91 Å². The summed E-state index contributed by atoms with van der Waals surface area (Å²) in [5, 5.41) is 12.9. The van der Waals surface area contributed by atoms with Gasteiger partial charge in [-0.1, -0.05) is 30.3 Å². The summed E-state index contributed by atoms with van der Waals surface area (Å²) in [7, 11) is 0. The highest BCUT2D eigenvalue weighted by Crippen LogP contribution is 2.31. The molecule has 0 unspecified atom stereocenters. The number of rotatable bonds is 7. The molecule has 5 aromatic rings. The predicted molar refractivity (Wildman–Crippen MR) is 145 cm³/mol. The fourth-order valence-electron chi connectivity index (χ4n) is 4.60. The van der Waals surface area contributed by atoms with Gasteiger partial charge in [-0.15, -0.1) is 0 Å². The third-order valence-corrected chi connectivity index (χ3v) is 6.71. The van der Waals surface area contributed by atoms with E-state index in [0.29, 0.717) is 22.3 Å². The number of fused-ring (bicyclic) bond motifs is 1.